The molecule has 1 heterocycles. The van der Waals surface area contributed by atoms with Crippen LogP contribution in [-0.2, 0) is 0 Å². The van der Waals surface area contributed by atoms with E-state index < -0.39 is 9.85 Å². The van der Waals surface area contributed by atoms with Gasteiger partial charge in [-0.25, -0.2) is 0 Å². The number of pyridine rings is 1. The molecule has 1 aromatic rings. The van der Waals surface area contributed by atoms with Gasteiger partial charge in [-0.05, 0) is 0 Å². The van der Waals surface area contributed by atoms with Crippen LogP contribution in [0.4, 0.5) is 5.69 Å². The van der Waals surface area contributed by atoms with E-state index in [2.05, 4.69) is 4.98 Å². The Morgan fingerprint density at radius 3 is 2.64 bits per heavy atom. The van der Waals surface area contributed by atoms with Crippen LogP contribution < -0.4 is 0 Å². The summed E-state index contributed by atoms with van der Waals surface area (Å²) in [5, 5.41) is 20.4. The van der Waals surface area contributed by atoms with Gasteiger partial charge in [0, 0.05) is 24.5 Å². The van der Waals surface area contributed by atoms with E-state index in [1.165, 1.54) is 18.5 Å². The second-order valence-electron chi connectivity index (χ2n) is 2.29. The van der Waals surface area contributed by atoms with E-state index in [1.54, 1.807) is 0 Å². The van der Waals surface area contributed by atoms with Crippen molar-refractivity contribution in [1.29, 1.82) is 0 Å². The first-order valence-electron chi connectivity index (χ1n) is 3.51. The van der Waals surface area contributed by atoms with Crippen LogP contribution in [-0.4, -0.2) is 14.8 Å². The summed E-state index contributed by atoms with van der Waals surface area (Å²) in [6.45, 7) is 0. The average Bonchev–Trinajstić information content (AvgIpc) is 2.15. The third kappa shape index (κ3) is 2.34. The summed E-state index contributed by atoms with van der Waals surface area (Å²) in [6.07, 6.45) is 4.11. The van der Waals surface area contributed by atoms with Gasteiger partial charge >= 0.3 is 0 Å². The lowest BCUT2D eigenvalue weighted by Crippen LogP contribution is -1.92. The Bertz CT molecular complexity index is 402. The molecule has 0 unspecified atom stereocenters. The van der Waals surface area contributed by atoms with Crippen molar-refractivity contribution >= 4 is 11.8 Å². The van der Waals surface area contributed by atoms with E-state index in [9.17, 15) is 20.2 Å². The minimum atomic E-state index is -0.698. The Morgan fingerprint density at radius 2 is 2.07 bits per heavy atom. The molecule has 14 heavy (non-hydrogen) atoms. The Labute approximate surface area is 78.0 Å². The van der Waals surface area contributed by atoms with Gasteiger partial charge in [-0.2, -0.15) is 0 Å². The average molecular weight is 195 g/mol. The molecule has 7 nitrogen and oxygen atoms in total. The van der Waals surface area contributed by atoms with Gasteiger partial charge < -0.3 is 0 Å². The van der Waals surface area contributed by atoms with E-state index in [1.807, 2.05) is 0 Å². The topological polar surface area (TPSA) is 99.2 Å². The molecule has 0 N–H and O–H groups in total. The molecular formula is C7H5N3O4. The van der Waals surface area contributed by atoms with E-state index in [0.717, 1.165) is 6.08 Å². The molecule has 0 saturated heterocycles. The molecule has 0 spiro atoms. The second kappa shape index (κ2) is 4.08. The minimum absolute atomic E-state index is 0.106. The lowest BCUT2D eigenvalue weighted by atomic mass is 10.2. The maximum absolute atomic E-state index is 10.4. The fourth-order valence-electron chi connectivity index (χ4n) is 0.835. The molecule has 0 atom stereocenters. The van der Waals surface area contributed by atoms with Crippen LogP contribution in [0, 0.1) is 20.2 Å². The molecular weight excluding hydrogens is 190 g/mol. The van der Waals surface area contributed by atoms with Crippen LogP contribution in [0.25, 0.3) is 6.08 Å². The van der Waals surface area contributed by atoms with Gasteiger partial charge in [-0.15, -0.1) is 0 Å². The maximum Gasteiger partial charge on any atom is 0.279 e. The van der Waals surface area contributed by atoms with Crippen molar-refractivity contribution in [3.05, 3.63) is 50.5 Å². The van der Waals surface area contributed by atoms with Crippen LogP contribution in [0.1, 0.15) is 5.56 Å². The standard InChI is InChI=1S/C7H5N3O4/c11-9(12)4-2-6-5-8-3-1-7(6)10(13)14/h1-5H/b4-2+. The van der Waals surface area contributed by atoms with Crippen molar-refractivity contribution in [2.75, 3.05) is 0 Å². The molecule has 0 aromatic carbocycles. The van der Waals surface area contributed by atoms with Crippen molar-refractivity contribution in [3.63, 3.8) is 0 Å². The number of rotatable bonds is 3. The van der Waals surface area contributed by atoms with Gasteiger partial charge in [-0.3, -0.25) is 25.2 Å². The molecule has 0 saturated carbocycles. The second-order valence-corrected chi connectivity index (χ2v) is 2.29. The maximum atomic E-state index is 10.4. The van der Waals surface area contributed by atoms with Gasteiger partial charge in [0.1, 0.15) is 0 Å². The fraction of sp³-hybridized carbons (Fsp3) is 0. The molecule has 0 bridgehead atoms. The van der Waals surface area contributed by atoms with Crippen LogP contribution in [0.5, 0.6) is 0 Å². The zero-order valence-corrected chi connectivity index (χ0v) is 6.86. The van der Waals surface area contributed by atoms with Gasteiger partial charge in [0.05, 0.1) is 15.4 Å². The molecule has 0 aliphatic carbocycles. The summed E-state index contributed by atoms with van der Waals surface area (Å²) in [4.78, 5) is 22.7. The van der Waals surface area contributed by atoms with Crippen molar-refractivity contribution in [2.24, 2.45) is 0 Å². The number of aromatic nitrogens is 1. The largest absolute Gasteiger partial charge is 0.279 e. The predicted octanol–water partition coefficient (Wildman–Crippen LogP) is 1.24. The lowest BCUT2D eigenvalue weighted by molar-refractivity contribution is -0.401. The monoisotopic (exact) mass is 195 g/mol. The van der Waals surface area contributed by atoms with Crippen molar-refractivity contribution in [3.8, 4) is 0 Å². The third-order valence-corrected chi connectivity index (χ3v) is 1.40. The summed E-state index contributed by atoms with van der Waals surface area (Å²) < 4.78 is 0. The quantitative estimate of drug-likeness (QED) is 0.533. The Balaban J connectivity index is 3.07. The summed E-state index contributed by atoms with van der Waals surface area (Å²) in [6, 6.07) is 1.18. The van der Waals surface area contributed by atoms with E-state index in [4.69, 9.17) is 0 Å². The van der Waals surface area contributed by atoms with Crippen LogP contribution in [0.2, 0.25) is 0 Å². The molecule has 0 radical (unpaired) electrons. The molecule has 0 aliphatic rings. The molecule has 0 aliphatic heterocycles. The SMILES string of the molecule is O=[N+]([O-])/C=C/c1cnccc1[N+](=O)[O-]. The van der Waals surface area contributed by atoms with Gasteiger partial charge in [0.15, 0.2) is 0 Å². The highest BCUT2D eigenvalue weighted by molar-refractivity contribution is 5.58. The highest BCUT2D eigenvalue weighted by Crippen LogP contribution is 2.17. The normalized spacial score (nSPS) is 10.3. The first-order valence-corrected chi connectivity index (χ1v) is 3.51. The molecule has 0 fully saturated rings. The number of hydrogen-bond acceptors (Lipinski definition) is 5. The van der Waals surface area contributed by atoms with E-state index in [-0.39, 0.29) is 11.3 Å². The summed E-state index contributed by atoms with van der Waals surface area (Å²) in [5.74, 6) is 0. The molecule has 1 aromatic heterocycles. The fourth-order valence-corrected chi connectivity index (χ4v) is 0.835. The zero-order valence-electron chi connectivity index (χ0n) is 6.86. The van der Waals surface area contributed by atoms with Gasteiger partial charge in [-0.1, -0.05) is 0 Å². The first-order chi connectivity index (χ1) is 6.61. The van der Waals surface area contributed by atoms with Crippen LogP contribution >= 0.6 is 0 Å². The number of nitro groups is 2. The van der Waals surface area contributed by atoms with E-state index in [0.29, 0.717) is 6.20 Å². The zero-order chi connectivity index (χ0) is 10.6. The van der Waals surface area contributed by atoms with Crippen LogP contribution in [0.3, 0.4) is 0 Å². The van der Waals surface area contributed by atoms with Gasteiger partial charge in [0.2, 0.25) is 6.20 Å². The Kier molecular flexibility index (Phi) is 2.85. The highest BCUT2D eigenvalue weighted by atomic mass is 16.6. The highest BCUT2D eigenvalue weighted by Gasteiger charge is 2.10. The molecule has 72 valence electrons. The first kappa shape index (κ1) is 9.78. The summed E-state index contributed by atoms with van der Waals surface area (Å²) in [5.41, 5.74) is -0.104. The summed E-state index contributed by atoms with van der Waals surface area (Å²) >= 11 is 0. The molecule has 1 rings (SSSR count). The smallest absolute Gasteiger partial charge is 0.264 e. The minimum Gasteiger partial charge on any atom is -0.264 e. The summed E-state index contributed by atoms with van der Waals surface area (Å²) in [7, 11) is 0. The third-order valence-electron chi connectivity index (χ3n) is 1.40. The lowest BCUT2D eigenvalue weighted by Gasteiger charge is -1.93. The van der Waals surface area contributed by atoms with Crippen molar-refractivity contribution < 1.29 is 9.85 Å². The van der Waals surface area contributed by atoms with Crippen molar-refractivity contribution in [1.82, 2.24) is 4.98 Å². The number of hydrogen-bond donors (Lipinski definition) is 0. The Morgan fingerprint density at radius 1 is 1.36 bits per heavy atom. The molecule has 7 heteroatoms. The Hall–Kier alpha value is -2.31. The van der Waals surface area contributed by atoms with Crippen LogP contribution in [0.15, 0.2) is 24.7 Å². The molecule has 0 amide bonds. The predicted molar refractivity (Wildman–Crippen MR) is 46.9 cm³/mol. The van der Waals surface area contributed by atoms with E-state index >= 15 is 0 Å². The van der Waals surface area contributed by atoms with Crippen molar-refractivity contribution in [2.45, 2.75) is 0 Å². The number of nitrogens with zero attached hydrogens (tertiary/aromatic N) is 3. The van der Waals surface area contributed by atoms with Gasteiger partial charge in [0.25, 0.3) is 5.69 Å².